The van der Waals surface area contributed by atoms with Crippen molar-refractivity contribution in [3.05, 3.63) is 23.8 Å². The molecule has 0 atom stereocenters. The maximum absolute atomic E-state index is 5.30. The molecule has 0 amide bonds. The van der Waals surface area contributed by atoms with E-state index in [0.717, 1.165) is 44.1 Å². The molecule has 1 aromatic rings. The van der Waals surface area contributed by atoms with Gasteiger partial charge in [-0.2, -0.15) is 0 Å². The van der Waals surface area contributed by atoms with Gasteiger partial charge in [0.15, 0.2) is 11.5 Å². The Labute approximate surface area is 116 Å². The van der Waals surface area contributed by atoms with Crippen LogP contribution in [-0.2, 0) is 6.42 Å². The largest absolute Gasteiger partial charge is 0.493 e. The van der Waals surface area contributed by atoms with Gasteiger partial charge in [-0.15, -0.1) is 0 Å². The summed E-state index contributed by atoms with van der Waals surface area (Å²) in [6.07, 6.45) is 0.996. The number of benzene rings is 1. The molecule has 19 heavy (non-hydrogen) atoms. The third-order valence-corrected chi connectivity index (χ3v) is 3.25. The fourth-order valence-electron chi connectivity index (χ4n) is 1.82. The summed E-state index contributed by atoms with van der Waals surface area (Å²) in [7, 11) is 5.46. The first-order chi connectivity index (χ1) is 9.21. The Bertz CT molecular complexity index is 369. The van der Waals surface area contributed by atoms with Crippen LogP contribution in [0, 0.1) is 0 Å². The summed E-state index contributed by atoms with van der Waals surface area (Å²) in [4.78, 5) is 2.30. The van der Waals surface area contributed by atoms with Gasteiger partial charge in [0.1, 0.15) is 0 Å². The van der Waals surface area contributed by atoms with Crippen molar-refractivity contribution < 1.29 is 9.47 Å². The lowest BCUT2D eigenvalue weighted by Crippen LogP contribution is -2.30. The molecule has 0 aliphatic rings. The van der Waals surface area contributed by atoms with Crippen LogP contribution in [0.15, 0.2) is 18.2 Å². The van der Waals surface area contributed by atoms with E-state index in [-0.39, 0.29) is 0 Å². The van der Waals surface area contributed by atoms with Gasteiger partial charge in [-0.3, -0.25) is 0 Å². The maximum atomic E-state index is 5.30. The average molecular weight is 266 g/mol. The number of hydrogen-bond donors (Lipinski definition) is 1. The van der Waals surface area contributed by atoms with E-state index in [9.17, 15) is 0 Å². The van der Waals surface area contributed by atoms with Gasteiger partial charge in [0.2, 0.25) is 0 Å². The van der Waals surface area contributed by atoms with Crippen LogP contribution in [0.5, 0.6) is 11.5 Å². The number of ether oxygens (including phenoxy) is 2. The molecule has 0 fully saturated rings. The van der Waals surface area contributed by atoms with E-state index in [1.54, 1.807) is 14.2 Å². The Kier molecular flexibility index (Phi) is 7.30. The fourth-order valence-corrected chi connectivity index (χ4v) is 1.82. The lowest BCUT2D eigenvalue weighted by molar-refractivity contribution is 0.349. The van der Waals surface area contributed by atoms with Crippen LogP contribution in [0.1, 0.15) is 12.5 Å². The minimum atomic E-state index is 0.781. The molecule has 108 valence electrons. The highest BCUT2D eigenvalue weighted by Gasteiger charge is 2.04. The molecule has 1 aromatic carbocycles. The lowest BCUT2D eigenvalue weighted by Gasteiger charge is -2.14. The van der Waals surface area contributed by atoms with Crippen molar-refractivity contribution >= 4 is 0 Å². The van der Waals surface area contributed by atoms with Crippen LogP contribution in [0.3, 0.4) is 0 Å². The van der Waals surface area contributed by atoms with E-state index in [1.165, 1.54) is 5.56 Å². The van der Waals surface area contributed by atoms with Gasteiger partial charge >= 0.3 is 0 Å². The minimum absolute atomic E-state index is 0.781. The second kappa shape index (κ2) is 8.77. The summed E-state index contributed by atoms with van der Waals surface area (Å²) in [6.45, 7) is 6.36. The molecule has 1 rings (SSSR count). The van der Waals surface area contributed by atoms with Crippen LogP contribution in [0.4, 0.5) is 0 Å². The van der Waals surface area contributed by atoms with Gasteiger partial charge in [-0.1, -0.05) is 13.0 Å². The number of hydrogen-bond acceptors (Lipinski definition) is 4. The SMILES string of the molecule is CCN(C)CCNCCc1ccc(OC)c(OC)c1. The van der Waals surface area contributed by atoms with Crippen molar-refractivity contribution in [3.8, 4) is 11.5 Å². The molecule has 0 heterocycles. The van der Waals surface area contributed by atoms with E-state index in [4.69, 9.17) is 9.47 Å². The third kappa shape index (κ3) is 5.49. The van der Waals surface area contributed by atoms with Crippen LogP contribution >= 0.6 is 0 Å². The molecule has 0 radical (unpaired) electrons. The molecule has 4 nitrogen and oxygen atoms in total. The molecule has 0 saturated carbocycles. The monoisotopic (exact) mass is 266 g/mol. The molecule has 1 N–H and O–H groups in total. The highest BCUT2D eigenvalue weighted by molar-refractivity contribution is 5.42. The first-order valence-corrected chi connectivity index (χ1v) is 6.81. The normalized spacial score (nSPS) is 10.8. The third-order valence-electron chi connectivity index (χ3n) is 3.25. The number of likely N-dealkylation sites (N-methyl/N-ethyl adjacent to an activating group) is 1. The zero-order valence-corrected chi connectivity index (χ0v) is 12.5. The van der Waals surface area contributed by atoms with Gasteiger partial charge in [-0.05, 0) is 44.3 Å². The number of nitrogens with zero attached hydrogens (tertiary/aromatic N) is 1. The number of rotatable bonds is 9. The molecule has 0 unspecified atom stereocenters. The van der Waals surface area contributed by atoms with Crippen LogP contribution < -0.4 is 14.8 Å². The minimum Gasteiger partial charge on any atom is -0.493 e. The number of nitrogens with one attached hydrogen (secondary N) is 1. The molecular formula is C15H26N2O2. The topological polar surface area (TPSA) is 33.7 Å². The summed E-state index contributed by atoms with van der Waals surface area (Å²) < 4.78 is 10.5. The molecule has 0 bridgehead atoms. The summed E-state index contributed by atoms with van der Waals surface area (Å²) in [6, 6.07) is 6.08. The maximum Gasteiger partial charge on any atom is 0.160 e. The van der Waals surface area contributed by atoms with Gasteiger partial charge in [0.25, 0.3) is 0 Å². The summed E-state index contributed by atoms with van der Waals surface area (Å²) in [5.74, 6) is 1.58. The smallest absolute Gasteiger partial charge is 0.160 e. The van der Waals surface area contributed by atoms with Crippen LogP contribution in [0.25, 0.3) is 0 Å². The van der Waals surface area contributed by atoms with E-state index < -0.39 is 0 Å². The second-order valence-electron chi connectivity index (χ2n) is 4.59. The van der Waals surface area contributed by atoms with Crippen LogP contribution in [0.2, 0.25) is 0 Å². The molecular weight excluding hydrogens is 240 g/mol. The Morgan fingerprint density at radius 2 is 1.84 bits per heavy atom. The van der Waals surface area contributed by atoms with Gasteiger partial charge < -0.3 is 19.7 Å². The Balaban J connectivity index is 2.33. The van der Waals surface area contributed by atoms with Crippen molar-refractivity contribution in [3.63, 3.8) is 0 Å². The summed E-state index contributed by atoms with van der Waals surface area (Å²) >= 11 is 0. The zero-order valence-electron chi connectivity index (χ0n) is 12.5. The lowest BCUT2D eigenvalue weighted by atomic mass is 10.1. The first kappa shape index (κ1) is 15.8. The summed E-state index contributed by atoms with van der Waals surface area (Å²) in [5, 5.41) is 3.45. The van der Waals surface area contributed by atoms with Crippen molar-refractivity contribution in [1.29, 1.82) is 0 Å². The Morgan fingerprint density at radius 1 is 1.11 bits per heavy atom. The molecule has 0 aliphatic carbocycles. The molecule has 0 spiro atoms. The van der Waals surface area contributed by atoms with Crippen molar-refractivity contribution in [2.24, 2.45) is 0 Å². The average Bonchev–Trinajstić information content (AvgIpc) is 2.46. The fraction of sp³-hybridized carbons (Fsp3) is 0.600. The number of methoxy groups -OCH3 is 2. The standard InChI is InChI=1S/C15H26N2O2/c1-5-17(2)11-10-16-9-8-13-6-7-14(18-3)15(12-13)19-4/h6-7,12,16H,5,8-11H2,1-4H3. The Morgan fingerprint density at radius 3 is 2.47 bits per heavy atom. The Hall–Kier alpha value is -1.26. The highest BCUT2D eigenvalue weighted by atomic mass is 16.5. The van der Waals surface area contributed by atoms with Crippen molar-refractivity contribution in [1.82, 2.24) is 10.2 Å². The molecule has 0 aromatic heterocycles. The van der Waals surface area contributed by atoms with Gasteiger partial charge in [0, 0.05) is 13.1 Å². The summed E-state index contributed by atoms with van der Waals surface area (Å²) in [5.41, 5.74) is 1.26. The molecule has 0 saturated heterocycles. The first-order valence-electron chi connectivity index (χ1n) is 6.81. The quantitative estimate of drug-likeness (QED) is 0.691. The van der Waals surface area contributed by atoms with E-state index in [1.807, 2.05) is 12.1 Å². The second-order valence-corrected chi connectivity index (χ2v) is 4.59. The van der Waals surface area contributed by atoms with E-state index in [2.05, 4.69) is 30.3 Å². The van der Waals surface area contributed by atoms with Gasteiger partial charge in [0.05, 0.1) is 14.2 Å². The van der Waals surface area contributed by atoms with Crippen molar-refractivity contribution in [2.45, 2.75) is 13.3 Å². The highest BCUT2D eigenvalue weighted by Crippen LogP contribution is 2.27. The predicted octanol–water partition coefficient (Wildman–Crippen LogP) is 1.79. The predicted molar refractivity (Wildman–Crippen MR) is 79.3 cm³/mol. The molecule has 4 heteroatoms. The van der Waals surface area contributed by atoms with E-state index in [0.29, 0.717) is 0 Å². The van der Waals surface area contributed by atoms with Crippen molar-refractivity contribution in [2.75, 3.05) is 47.4 Å². The van der Waals surface area contributed by atoms with Crippen LogP contribution in [-0.4, -0.2) is 52.3 Å². The van der Waals surface area contributed by atoms with Gasteiger partial charge in [-0.25, -0.2) is 0 Å². The van der Waals surface area contributed by atoms with E-state index >= 15 is 0 Å². The molecule has 0 aliphatic heterocycles. The zero-order chi connectivity index (χ0) is 14.1.